The SMILES string of the molecule is CCOC(=O)[C@@H](C)Oc1c(I)cc(C=Nn2c(=O)[nH]c3ccccc3c2=O)cc1OC. The minimum Gasteiger partial charge on any atom is -0.493 e. The molecule has 0 amide bonds. The van der Waals surface area contributed by atoms with Crippen molar-refractivity contribution in [1.82, 2.24) is 9.66 Å². The maximum Gasteiger partial charge on any atom is 0.349 e. The number of carbonyl (C=O) groups is 1. The normalized spacial score (nSPS) is 12.1. The predicted molar refractivity (Wildman–Crippen MR) is 124 cm³/mol. The first-order valence-electron chi connectivity index (χ1n) is 9.35. The molecule has 31 heavy (non-hydrogen) atoms. The van der Waals surface area contributed by atoms with Crippen LogP contribution in [0, 0.1) is 3.57 Å². The topological polar surface area (TPSA) is 112 Å². The molecule has 0 radical (unpaired) electrons. The van der Waals surface area contributed by atoms with E-state index in [1.807, 2.05) is 22.6 Å². The molecule has 1 aromatic heterocycles. The summed E-state index contributed by atoms with van der Waals surface area (Å²) in [5.41, 5.74) is -0.167. The van der Waals surface area contributed by atoms with Crippen molar-refractivity contribution in [2.24, 2.45) is 5.10 Å². The molecule has 1 atom stereocenters. The average Bonchev–Trinajstić information content (AvgIpc) is 2.75. The van der Waals surface area contributed by atoms with Gasteiger partial charge in [0.1, 0.15) is 0 Å². The zero-order valence-electron chi connectivity index (χ0n) is 17.0. The van der Waals surface area contributed by atoms with Crippen molar-refractivity contribution in [3.63, 3.8) is 0 Å². The molecule has 1 N–H and O–H groups in total. The number of aromatic amines is 1. The van der Waals surface area contributed by atoms with Crippen molar-refractivity contribution in [2.75, 3.05) is 13.7 Å². The van der Waals surface area contributed by atoms with Crippen molar-refractivity contribution in [1.29, 1.82) is 0 Å². The zero-order chi connectivity index (χ0) is 22.5. The van der Waals surface area contributed by atoms with E-state index < -0.39 is 23.3 Å². The zero-order valence-corrected chi connectivity index (χ0v) is 19.2. The first-order valence-corrected chi connectivity index (χ1v) is 10.4. The van der Waals surface area contributed by atoms with Crippen molar-refractivity contribution in [3.05, 3.63) is 66.4 Å². The highest BCUT2D eigenvalue weighted by Crippen LogP contribution is 2.34. The van der Waals surface area contributed by atoms with Gasteiger partial charge in [-0.2, -0.15) is 5.10 Å². The molecule has 0 spiro atoms. The summed E-state index contributed by atoms with van der Waals surface area (Å²) in [6, 6.07) is 10.0. The summed E-state index contributed by atoms with van der Waals surface area (Å²) in [5.74, 6) is 0.256. The van der Waals surface area contributed by atoms with Crippen LogP contribution in [-0.2, 0) is 9.53 Å². The molecule has 0 bridgehead atoms. The van der Waals surface area contributed by atoms with Gasteiger partial charge < -0.3 is 19.2 Å². The molecule has 3 rings (SSSR count). The van der Waals surface area contributed by atoms with Crippen LogP contribution in [0.1, 0.15) is 19.4 Å². The number of para-hydroxylation sites is 1. The second-order valence-corrected chi connectivity index (χ2v) is 7.55. The van der Waals surface area contributed by atoms with Crippen LogP contribution in [0.4, 0.5) is 0 Å². The molecule has 0 aliphatic heterocycles. The van der Waals surface area contributed by atoms with Crippen LogP contribution in [0.15, 0.2) is 51.1 Å². The van der Waals surface area contributed by atoms with Gasteiger partial charge in [-0.3, -0.25) is 4.79 Å². The Labute approximate surface area is 190 Å². The number of aromatic nitrogens is 2. The lowest BCUT2D eigenvalue weighted by Gasteiger charge is -2.17. The number of rotatable bonds is 7. The number of fused-ring (bicyclic) bond motifs is 1. The lowest BCUT2D eigenvalue weighted by atomic mass is 10.2. The molecule has 162 valence electrons. The van der Waals surface area contributed by atoms with Gasteiger partial charge in [0.25, 0.3) is 5.56 Å². The second-order valence-electron chi connectivity index (χ2n) is 6.38. The summed E-state index contributed by atoms with van der Waals surface area (Å²) in [6.45, 7) is 3.56. The molecule has 0 saturated carbocycles. The molecule has 3 aromatic rings. The highest BCUT2D eigenvalue weighted by atomic mass is 127. The van der Waals surface area contributed by atoms with Gasteiger partial charge in [-0.15, -0.1) is 4.68 Å². The molecular weight excluding hydrogens is 517 g/mol. The number of esters is 1. The van der Waals surface area contributed by atoms with Gasteiger partial charge in [-0.1, -0.05) is 12.1 Å². The van der Waals surface area contributed by atoms with Crippen LogP contribution >= 0.6 is 22.6 Å². The Kier molecular flexibility index (Phi) is 7.10. The van der Waals surface area contributed by atoms with Crippen LogP contribution in [0.5, 0.6) is 11.5 Å². The molecule has 0 fully saturated rings. The smallest absolute Gasteiger partial charge is 0.349 e. The lowest BCUT2D eigenvalue weighted by Crippen LogP contribution is -2.32. The molecule has 9 nitrogen and oxygen atoms in total. The molecule has 2 aromatic carbocycles. The number of benzene rings is 2. The Hall–Kier alpha value is -3.15. The minimum absolute atomic E-state index is 0.253. The third-order valence-electron chi connectivity index (χ3n) is 4.27. The summed E-state index contributed by atoms with van der Waals surface area (Å²) in [5, 5.41) is 4.40. The number of hydrogen-bond donors (Lipinski definition) is 1. The maximum absolute atomic E-state index is 12.6. The molecule has 0 saturated heterocycles. The number of halogens is 1. The number of nitrogens with one attached hydrogen (secondary N) is 1. The van der Waals surface area contributed by atoms with Gasteiger partial charge in [-0.25, -0.2) is 9.59 Å². The molecule has 0 unspecified atom stereocenters. The van der Waals surface area contributed by atoms with Crippen molar-refractivity contribution in [3.8, 4) is 11.5 Å². The predicted octanol–water partition coefficient (Wildman–Crippen LogP) is 2.52. The van der Waals surface area contributed by atoms with E-state index >= 15 is 0 Å². The number of H-pyrrole nitrogens is 1. The van der Waals surface area contributed by atoms with Gasteiger partial charge in [0.15, 0.2) is 17.6 Å². The van der Waals surface area contributed by atoms with E-state index in [0.717, 1.165) is 4.68 Å². The largest absolute Gasteiger partial charge is 0.493 e. The van der Waals surface area contributed by atoms with Crippen molar-refractivity contribution >= 4 is 45.7 Å². The fraction of sp³-hybridized carbons (Fsp3) is 0.238. The fourth-order valence-electron chi connectivity index (χ4n) is 2.80. The summed E-state index contributed by atoms with van der Waals surface area (Å²) >= 11 is 2.04. The number of hydrogen-bond acceptors (Lipinski definition) is 7. The van der Waals surface area contributed by atoms with Crippen LogP contribution in [0.3, 0.4) is 0 Å². The van der Waals surface area contributed by atoms with Gasteiger partial charge in [0, 0.05) is 0 Å². The molecule has 1 heterocycles. The van der Waals surface area contributed by atoms with E-state index in [4.69, 9.17) is 14.2 Å². The third-order valence-corrected chi connectivity index (χ3v) is 5.07. The van der Waals surface area contributed by atoms with E-state index in [2.05, 4.69) is 10.1 Å². The van der Waals surface area contributed by atoms with Crippen molar-refractivity contribution in [2.45, 2.75) is 20.0 Å². The van der Waals surface area contributed by atoms with E-state index in [-0.39, 0.29) is 6.61 Å². The standard InChI is InChI=1S/C21H20IN3O6/c1-4-30-20(27)12(2)31-18-15(22)9-13(10-17(18)29-3)11-23-25-19(26)14-7-5-6-8-16(14)24-21(25)28/h5-12H,4H2,1-3H3,(H,24,28)/t12-/m1/s1. The van der Waals surface area contributed by atoms with Gasteiger partial charge >= 0.3 is 11.7 Å². The highest BCUT2D eigenvalue weighted by Gasteiger charge is 2.20. The Morgan fingerprint density at radius 3 is 2.74 bits per heavy atom. The van der Waals surface area contributed by atoms with Crippen molar-refractivity contribution < 1.29 is 19.0 Å². The summed E-state index contributed by atoms with van der Waals surface area (Å²) in [7, 11) is 1.47. The Bertz CT molecular complexity index is 1260. The quantitative estimate of drug-likeness (QED) is 0.282. The van der Waals surface area contributed by atoms with E-state index in [0.29, 0.717) is 31.5 Å². The second kappa shape index (κ2) is 9.77. The molecule has 0 aliphatic carbocycles. The van der Waals surface area contributed by atoms with Crippen LogP contribution in [-0.4, -0.2) is 41.7 Å². The number of nitrogens with zero attached hydrogens (tertiary/aromatic N) is 2. The fourth-order valence-corrected chi connectivity index (χ4v) is 3.55. The van der Waals surface area contributed by atoms with Crippen LogP contribution in [0.2, 0.25) is 0 Å². The highest BCUT2D eigenvalue weighted by molar-refractivity contribution is 14.1. The van der Waals surface area contributed by atoms with E-state index in [1.165, 1.54) is 13.3 Å². The van der Waals surface area contributed by atoms with Crippen LogP contribution < -0.4 is 20.7 Å². The van der Waals surface area contributed by atoms with E-state index in [9.17, 15) is 14.4 Å². The average molecular weight is 537 g/mol. The first-order chi connectivity index (χ1) is 14.8. The minimum atomic E-state index is -0.823. The van der Waals surface area contributed by atoms with Gasteiger partial charge in [-0.05, 0) is 66.3 Å². The summed E-state index contributed by atoms with van der Waals surface area (Å²) in [4.78, 5) is 39.3. The third kappa shape index (κ3) is 4.95. The Balaban J connectivity index is 1.95. The monoisotopic (exact) mass is 537 g/mol. The van der Waals surface area contributed by atoms with Gasteiger partial charge in [0.2, 0.25) is 0 Å². The van der Waals surface area contributed by atoms with Crippen LogP contribution in [0.25, 0.3) is 10.9 Å². The Morgan fingerprint density at radius 1 is 1.29 bits per heavy atom. The lowest BCUT2D eigenvalue weighted by molar-refractivity contribution is -0.150. The Morgan fingerprint density at radius 2 is 2.03 bits per heavy atom. The number of carbonyl (C=O) groups excluding carboxylic acids is 1. The molecule has 10 heteroatoms. The number of methoxy groups -OCH3 is 1. The number of ether oxygens (including phenoxy) is 3. The molecular formula is C21H20IN3O6. The summed E-state index contributed by atoms with van der Waals surface area (Å²) < 4.78 is 17.5. The first kappa shape index (κ1) is 22.5. The molecule has 0 aliphatic rings. The maximum atomic E-state index is 12.6. The summed E-state index contributed by atoms with van der Waals surface area (Å²) in [6.07, 6.45) is 0.547. The van der Waals surface area contributed by atoms with E-state index in [1.54, 1.807) is 50.2 Å². The van der Waals surface area contributed by atoms with Gasteiger partial charge in [0.05, 0.1) is 34.4 Å².